The number of aliphatic carboxylic acids is 2. The van der Waals surface area contributed by atoms with E-state index in [0.717, 1.165) is 44.9 Å². The molecule has 1 heterocycles. The zero-order chi connectivity index (χ0) is 29.1. The fourth-order valence-corrected chi connectivity index (χ4v) is 10.2. The van der Waals surface area contributed by atoms with Crippen LogP contribution in [0, 0.1) is 46.3 Å². The summed E-state index contributed by atoms with van der Waals surface area (Å²) >= 11 is 0. The number of carboxylic acids is 2. The molecule has 5 aliphatic rings. The van der Waals surface area contributed by atoms with Gasteiger partial charge < -0.3 is 40.1 Å². The molecule has 0 spiro atoms. The number of carboxylic acid groups (broad SMARTS) is 2. The van der Waals surface area contributed by atoms with E-state index >= 15 is 0 Å². The first-order valence-electron chi connectivity index (χ1n) is 15.3. The third-order valence-corrected chi connectivity index (χ3v) is 12.4. The van der Waals surface area contributed by atoms with Crippen molar-refractivity contribution in [3.05, 3.63) is 0 Å². The Labute approximate surface area is 236 Å². The van der Waals surface area contributed by atoms with Gasteiger partial charge in [-0.25, -0.2) is 4.79 Å². The van der Waals surface area contributed by atoms with Crippen molar-refractivity contribution in [2.45, 2.75) is 128 Å². The van der Waals surface area contributed by atoms with Crippen molar-refractivity contribution in [1.29, 1.82) is 0 Å². The quantitative estimate of drug-likeness (QED) is 0.250. The van der Waals surface area contributed by atoms with Gasteiger partial charge in [-0.05, 0) is 104 Å². The Hall–Kier alpha value is -1.30. The molecule has 40 heavy (non-hydrogen) atoms. The van der Waals surface area contributed by atoms with Crippen molar-refractivity contribution in [3.8, 4) is 0 Å². The molecule has 2 unspecified atom stereocenters. The van der Waals surface area contributed by atoms with Gasteiger partial charge in [0.15, 0.2) is 12.4 Å². The first kappa shape index (κ1) is 30.2. The molecule has 0 aromatic heterocycles. The minimum atomic E-state index is -1.74. The first-order chi connectivity index (χ1) is 18.8. The lowest BCUT2D eigenvalue weighted by atomic mass is 9.43. The first-order valence-corrected chi connectivity index (χ1v) is 15.3. The molecule has 1 saturated heterocycles. The van der Waals surface area contributed by atoms with Crippen molar-refractivity contribution >= 4 is 11.9 Å². The summed E-state index contributed by atoms with van der Waals surface area (Å²) in [6.45, 7) is 6.78. The van der Waals surface area contributed by atoms with Gasteiger partial charge in [0.1, 0.15) is 18.3 Å². The van der Waals surface area contributed by atoms with Crippen LogP contribution in [-0.2, 0) is 19.1 Å². The highest BCUT2D eigenvalue weighted by Crippen LogP contribution is 2.68. The number of aliphatic hydroxyl groups excluding tert-OH is 4. The van der Waals surface area contributed by atoms with Gasteiger partial charge in [-0.15, -0.1) is 0 Å². The van der Waals surface area contributed by atoms with Crippen LogP contribution in [0.3, 0.4) is 0 Å². The molecule has 4 aliphatic carbocycles. The number of aliphatic hydroxyl groups is 4. The van der Waals surface area contributed by atoms with E-state index < -0.39 is 48.7 Å². The molecule has 0 aromatic carbocycles. The molecule has 4 saturated carbocycles. The minimum Gasteiger partial charge on any atom is -0.481 e. The van der Waals surface area contributed by atoms with Crippen LogP contribution in [0.25, 0.3) is 0 Å². The smallest absolute Gasteiger partial charge is 0.335 e. The van der Waals surface area contributed by atoms with Gasteiger partial charge in [0.25, 0.3) is 0 Å². The summed E-state index contributed by atoms with van der Waals surface area (Å²) in [5.74, 6) is 0.0941. The highest BCUT2D eigenvalue weighted by molar-refractivity contribution is 5.73. The summed E-state index contributed by atoms with van der Waals surface area (Å²) in [5.41, 5.74) is -0.160. The summed E-state index contributed by atoms with van der Waals surface area (Å²) < 4.78 is 11.4. The van der Waals surface area contributed by atoms with Crippen LogP contribution < -0.4 is 0 Å². The summed E-state index contributed by atoms with van der Waals surface area (Å²) in [6.07, 6.45) is -0.533. The van der Waals surface area contributed by atoms with Crippen LogP contribution >= 0.6 is 0 Å². The Balaban J connectivity index is 1.26. The molecule has 5 fully saturated rings. The number of hydrogen-bond acceptors (Lipinski definition) is 8. The number of rotatable bonds is 7. The number of carbonyl (C=O) groups is 2. The molecule has 0 bridgehead atoms. The van der Waals surface area contributed by atoms with E-state index in [0.29, 0.717) is 42.4 Å². The lowest BCUT2D eigenvalue weighted by molar-refractivity contribution is -0.310. The van der Waals surface area contributed by atoms with Crippen molar-refractivity contribution in [1.82, 2.24) is 0 Å². The van der Waals surface area contributed by atoms with Gasteiger partial charge in [0.2, 0.25) is 0 Å². The maximum atomic E-state index is 11.7. The Kier molecular flexibility index (Phi) is 8.36. The van der Waals surface area contributed by atoms with Crippen molar-refractivity contribution in [2.24, 2.45) is 46.3 Å². The highest BCUT2D eigenvalue weighted by Gasteiger charge is 2.64. The molecular formula is C30H48O10. The molecule has 10 heteroatoms. The van der Waals surface area contributed by atoms with E-state index in [-0.39, 0.29) is 29.3 Å². The van der Waals surface area contributed by atoms with Crippen LogP contribution in [0.1, 0.15) is 85.0 Å². The normalized spacial score (nSPS) is 51.3. The standard InChI is InChI=1S/C30H48O10/c1-14(4-9-22(32)33)18-7-8-19-17-6-5-15-12-16(10-11-29(15,2)20(17)13-21(31)30(18,19)3)39-28-25(36)23(34)24(35)26(40-28)27(37)38/h14-21,23-26,28,31,34-36H,4-13H2,1-3H3,(H,32,33)(H,37,38)/t14-,15-,16-,17+,18?,19+,20+,21+,23+,24+,25-,26+,28?,29+,30-/m1/s1. The highest BCUT2D eigenvalue weighted by atomic mass is 16.7. The SMILES string of the molecule is C[C@H](CCC(=O)O)C1CC[C@H]2[C@@H]3CC[C@@H]4C[C@H](OC5O[C@H](C(=O)O)[C@@H](O)[C@H](O)[C@H]5O)CC[C@]4(C)[C@H]3C[C@H](O)[C@]12C. The van der Waals surface area contributed by atoms with E-state index in [1.165, 1.54) is 0 Å². The molecule has 1 aliphatic heterocycles. The number of fused-ring (bicyclic) bond motifs is 5. The van der Waals surface area contributed by atoms with E-state index in [1.807, 2.05) is 0 Å². The van der Waals surface area contributed by atoms with E-state index in [2.05, 4.69) is 20.8 Å². The van der Waals surface area contributed by atoms with E-state index in [4.69, 9.17) is 9.47 Å². The third-order valence-electron chi connectivity index (χ3n) is 12.4. The largest absolute Gasteiger partial charge is 0.481 e. The molecule has 0 aromatic rings. The van der Waals surface area contributed by atoms with Gasteiger partial charge in [0.05, 0.1) is 12.2 Å². The predicted molar refractivity (Wildman–Crippen MR) is 142 cm³/mol. The monoisotopic (exact) mass is 568 g/mol. The van der Waals surface area contributed by atoms with Gasteiger partial charge in [-0.2, -0.15) is 0 Å². The van der Waals surface area contributed by atoms with Gasteiger partial charge in [0, 0.05) is 6.42 Å². The van der Waals surface area contributed by atoms with Crippen LogP contribution in [0.4, 0.5) is 0 Å². The van der Waals surface area contributed by atoms with Crippen molar-refractivity contribution < 1.29 is 49.7 Å². The number of ether oxygens (including phenoxy) is 2. The summed E-state index contributed by atoms with van der Waals surface area (Å²) in [5, 5.41) is 60.9. The fourth-order valence-electron chi connectivity index (χ4n) is 10.2. The Morgan fingerprint density at radius 3 is 2.33 bits per heavy atom. The molecular weight excluding hydrogens is 520 g/mol. The predicted octanol–water partition coefficient (Wildman–Crippen LogP) is 2.39. The molecule has 5 rings (SSSR count). The van der Waals surface area contributed by atoms with Crippen LogP contribution in [-0.4, -0.2) is 85.5 Å². The second kappa shape index (κ2) is 11.1. The Morgan fingerprint density at radius 2 is 1.65 bits per heavy atom. The molecule has 0 amide bonds. The summed E-state index contributed by atoms with van der Waals surface area (Å²) in [4.78, 5) is 22.7. The van der Waals surface area contributed by atoms with Gasteiger partial charge in [-0.1, -0.05) is 20.8 Å². The second-order valence-corrected chi connectivity index (χ2v) is 14.1. The molecule has 10 nitrogen and oxygen atoms in total. The average molecular weight is 569 g/mol. The maximum absolute atomic E-state index is 11.7. The van der Waals surface area contributed by atoms with Crippen LogP contribution in [0.15, 0.2) is 0 Å². The topological polar surface area (TPSA) is 174 Å². The third kappa shape index (κ3) is 4.90. The number of hydrogen-bond donors (Lipinski definition) is 6. The van der Waals surface area contributed by atoms with Gasteiger partial charge in [-0.3, -0.25) is 4.79 Å². The summed E-state index contributed by atoms with van der Waals surface area (Å²) in [7, 11) is 0. The zero-order valence-electron chi connectivity index (χ0n) is 23.9. The van der Waals surface area contributed by atoms with Gasteiger partial charge >= 0.3 is 11.9 Å². The lowest BCUT2D eigenvalue weighted by Gasteiger charge is -2.62. The summed E-state index contributed by atoms with van der Waals surface area (Å²) in [6, 6.07) is 0. The molecule has 6 N–H and O–H groups in total. The molecule has 0 radical (unpaired) electrons. The van der Waals surface area contributed by atoms with E-state index in [1.54, 1.807) is 0 Å². The molecule has 228 valence electrons. The second-order valence-electron chi connectivity index (χ2n) is 14.1. The fraction of sp³-hybridized carbons (Fsp3) is 0.933. The Morgan fingerprint density at radius 1 is 0.925 bits per heavy atom. The minimum absolute atomic E-state index is 0.0312. The van der Waals surface area contributed by atoms with Crippen molar-refractivity contribution in [3.63, 3.8) is 0 Å². The molecule has 15 atom stereocenters. The van der Waals surface area contributed by atoms with Crippen LogP contribution in [0.5, 0.6) is 0 Å². The lowest BCUT2D eigenvalue weighted by Crippen LogP contribution is -2.61. The van der Waals surface area contributed by atoms with Crippen molar-refractivity contribution in [2.75, 3.05) is 0 Å². The maximum Gasteiger partial charge on any atom is 0.335 e. The zero-order valence-corrected chi connectivity index (χ0v) is 23.9. The average Bonchev–Trinajstić information content (AvgIpc) is 3.27. The van der Waals surface area contributed by atoms with E-state index in [9.17, 15) is 40.2 Å². The van der Waals surface area contributed by atoms with Crippen LogP contribution in [0.2, 0.25) is 0 Å². The Bertz CT molecular complexity index is 959.